The van der Waals surface area contributed by atoms with Crippen molar-refractivity contribution in [3.05, 3.63) is 72.7 Å². The second-order valence-electron chi connectivity index (χ2n) is 7.05. The number of nitrogens with zero attached hydrogens (tertiary/aromatic N) is 3. The molecule has 0 radical (unpaired) electrons. The van der Waals surface area contributed by atoms with Crippen LogP contribution < -0.4 is 14.8 Å². The zero-order valence-electron chi connectivity index (χ0n) is 17.5. The van der Waals surface area contributed by atoms with Crippen molar-refractivity contribution in [3.8, 4) is 22.8 Å². The number of pyridine rings is 2. The molecule has 0 bridgehead atoms. The summed E-state index contributed by atoms with van der Waals surface area (Å²) in [5, 5.41) is 4.02. The molecule has 1 amide bonds. The highest BCUT2D eigenvalue weighted by atomic mass is 16.5. The summed E-state index contributed by atoms with van der Waals surface area (Å²) in [6, 6.07) is 15.6. The molecule has 0 saturated carbocycles. The molecule has 158 valence electrons. The highest BCUT2D eigenvalue weighted by Crippen LogP contribution is 2.28. The van der Waals surface area contributed by atoms with Gasteiger partial charge >= 0.3 is 0 Å². The molecule has 7 heteroatoms. The van der Waals surface area contributed by atoms with E-state index in [1.807, 2.05) is 42.5 Å². The van der Waals surface area contributed by atoms with Crippen molar-refractivity contribution in [1.82, 2.24) is 19.9 Å². The number of aromatic nitrogens is 3. The van der Waals surface area contributed by atoms with E-state index in [0.29, 0.717) is 31.0 Å². The van der Waals surface area contributed by atoms with Crippen LogP contribution in [-0.2, 0) is 17.9 Å². The van der Waals surface area contributed by atoms with Gasteiger partial charge in [0.25, 0.3) is 0 Å². The fourth-order valence-corrected chi connectivity index (χ4v) is 3.57. The Balaban J connectivity index is 1.46. The van der Waals surface area contributed by atoms with E-state index >= 15 is 0 Å². The van der Waals surface area contributed by atoms with Crippen LogP contribution in [0.1, 0.15) is 12.0 Å². The molecule has 0 aliphatic carbocycles. The molecule has 7 nitrogen and oxygen atoms in total. The van der Waals surface area contributed by atoms with Crippen molar-refractivity contribution in [2.24, 2.45) is 0 Å². The largest absolute Gasteiger partial charge is 0.493 e. The normalized spacial score (nSPS) is 10.8. The molecule has 0 spiro atoms. The average Bonchev–Trinajstić information content (AvgIpc) is 3.20. The van der Waals surface area contributed by atoms with E-state index in [0.717, 1.165) is 27.9 Å². The lowest BCUT2D eigenvalue weighted by Gasteiger charge is -2.12. The Morgan fingerprint density at radius 2 is 1.81 bits per heavy atom. The van der Waals surface area contributed by atoms with E-state index < -0.39 is 0 Å². The maximum absolute atomic E-state index is 12.6. The molecule has 1 aromatic carbocycles. The van der Waals surface area contributed by atoms with Gasteiger partial charge in [0.15, 0.2) is 11.5 Å². The molecule has 31 heavy (non-hydrogen) atoms. The third-order valence-electron chi connectivity index (χ3n) is 5.13. The second-order valence-corrected chi connectivity index (χ2v) is 7.05. The van der Waals surface area contributed by atoms with E-state index in [2.05, 4.69) is 25.9 Å². The zero-order chi connectivity index (χ0) is 21.6. The Labute approximate surface area is 180 Å². The van der Waals surface area contributed by atoms with Gasteiger partial charge in [-0.15, -0.1) is 0 Å². The number of benzene rings is 1. The lowest BCUT2D eigenvalue weighted by molar-refractivity contribution is -0.121. The van der Waals surface area contributed by atoms with Crippen molar-refractivity contribution < 1.29 is 14.3 Å². The summed E-state index contributed by atoms with van der Waals surface area (Å²) in [4.78, 5) is 21.2. The smallest absolute Gasteiger partial charge is 0.222 e. The Morgan fingerprint density at radius 1 is 1.00 bits per heavy atom. The summed E-state index contributed by atoms with van der Waals surface area (Å²) in [5.74, 6) is 1.27. The first-order valence-electron chi connectivity index (χ1n) is 10.0. The lowest BCUT2D eigenvalue weighted by Crippen LogP contribution is -2.24. The molecule has 0 unspecified atom stereocenters. The first-order chi connectivity index (χ1) is 15.2. The van der Waals surface area contributed by atoms with Gasteiger partial charge < -0.3 is 19.4 Å². The van der Waals surface area contributed by atoms with Crippen molar-refractivity contribution in [3.63, 3.8) is 0 Å². The highest BCUT2D eigenvalue weighted by Gasteiger charge is 2.13. The number of carbonyl (C=O) groups excluding carboxylic acids is 1. The van der Waals surface area contributed by atoms with E-state index in [9.17, 15) is 4.79 Å². The Morgan fingerprint density at radius 3 is 2.58 bits per heavy atom. The van der Waals surface area contributed by atoms with Crippen molar-refractivity contribution in [1.29, 1.82) is 0 Å². The molecule has 3 aromatic heterocycles. The van der Waals surface area contributed by atoms with Crippen LogP contribution in [0.5, 0.6) is 11.5 Å². The third kappa shape index (κ3) is 4.50. The Bertz CT molecular complexity index is 1190. The van der Waals surface area contributed by atoms with Crippen molar-refractivity contribution in [2.45, 2.75) is 19.5 Å². The number of nitrogens with one attached hydrogen (secondary N) is 1. The zero-order valence-corrected chi connectivity index (χ0v) is 17.5. The molecule has 3 heterocycles. The third-order valence-corrected chi connectivity index (χ3v) is 5.13. The molecule has 0 aliphatic heterocycles. The number of hydrogen-bond donors (Lipinski definition) is 1. The predicted octanol–water partition coefficient (Wildman–Crippen LogP) is 3.82. The number of carbonyl (C=O) groups is 1. The number of methoxy groups -OCH3 is 2. The van der Waals surface area contributed by atoms with Gasteiger partial charge in [0.2, 0.25) is 5.91 Å². The SMILES string of the molecule is COc1ccc(CNC(=O)CCn2c(-c3ccncc3)cc3cccnc32)cc1OC. The van der Waals surface area contributed by atoms with Crippen LogP contribution >= 0.6 is 0 Å². The van der Waals surface area contributed by atoms with Gasteiger partial charge in [-0.3, -0.25) is 9.78 Å². The van der Waals surface area contributed by atoms with Crippen LogP contribution in [0.4, 0.5) is 0 Å². The van der Waals surface area contributed by atoms with Gasteiger partial charge in [-0.1, -0.05) is 6.07 Å². The fourth-order valence-electron chi connectivity index (χ4n) is 3.57. The van der Waals surface area contributed by atoms with Gasteiger partial charge in [-0.25, -0.2) is 4.98 Å². The van der Waals surface area contributed by atoms with Crippen molar-refractivity contribution >= 4 is 16.9 Å². The molecule has 4 rings (SSSR count). The minimum absolute atomic E-state index is 0.0340. The molecule has 1 N–H and O–H groups in total. The van der Waals surface area contributed by atoms with Gasteiger partial charge in [0, 0.05) is 49.1 Å². The Kier molecular flexibility index (Phi) is 6.12. The monoisotopic (exact) mass is 416 g/mol. The van der Waals surface area contributed by atoms with Crippen LogP contribution in [0.15, 0.2) is 67.1 Å². The molecule has 0 saturated heterocycles. The first kappa shape index (κ1) is 20.4. The number of ether oxygens (including phenoxy) is 2. The molecular formula is C24H24N4O3. The highest BCUT2D eigenvalue weighted by molar-refractivity contribution is 5.84. The number of hydrogen-bond acceptors (Lipinski definition) is 5. The maximum Gasteiger partial charge on any atom is 0.222 e. The number of amides is 1. The van der Waals surface area contributed by atoms with Crippen LogP contribution in [-0.4, -0.2) is 34.7 Å². The van der Waals surface area contributed by atoms with Gasteiger partial charge in [-0.05, 0) is 48.0 Å². The van der Waals surface area contributed by atoms with Crippen LogP contribution in [0, 0.1) is 0 Å². The van der Waals surface area contributed by atoms with Gasteiger partial charge in [0.1, 0.15) is 5.65 Å². The Hall–Kier alpha value is -3.87. The van der Waals surface area contributed by atoms with E-state index in [1.165, 1.54) is 0 Å². The van der Waals surface area contributed by atoms with E-state index in [1.54, 1.807) is 32.8 Å². The quantitative estimate of drug-likeness (QED) is 0.472. The van der Waals surface area contributed by atoms with Crippen LogP contribution in [0.25, 0.3) is 22.3 Å². The van der Waals surface area contributed by atoms with Crippen LogP contribution in [0.3, 0.4) is 0 Å². The van der Waals surface area contributed by atoms with Gasteiger partial charge in [-0.2, -0.15) is 0 Å². The number of aryl methyl sites for hydroxylation is 1. The summed E-state index contributed by atoms with van der Waals surface area (Å²) in [6.45, 7) is 0.941. The number of fused-ring (bicyclic) bond motifs is 1. The molecule has 4 aromatic rings. The van der Waals surface area contributed by atoms with E-state index in [4.69, 9.17) is 9.47 Å². The summed E-state index contributed by atoms with van der Waals surface area (Å²) in [5.41, 5.74) is 3.86. The second kappa shape index (κ2) is 9.30. The minimum atomic E-state index is -0.0340. The predicted molar refractivity (Wildman–Crippen MR) is 119 cm³/mol. The topological polar surface area (TPSA) is 78.3 Å². The molecular weight excluding hydrogens is 392 g/mol. The average molecular weight is 416 g/mol. The summed E-state index contributed by atoms with van der Waals surface area (Å²) in [6.07, 6.45) is 5.64. The van der Waals surface area contributed by atoms with E-state index in [-0.39, 0.29) is 5.91 Å². The van der Waals surface area contributed by atoms with Crippen molar-refractivity contribution in [2.75, 3.05) is 14.2 Å². The molecule has 0 fully saturated rings. The summed E-state index contributed by atoms with van der Waals surface area (Å²) < 4.78 is 12.7. The molecule has 0 aliphatic rings. The fraction of sp³-hybridized carbons (Fsp3) is 0.208. The minimum Gasteiger partial charge on any atom is -0.493 e. The summed E-state index contributed by atoms with van der Waals surface area (Å²) in [7, 11) is 3.19. The number of rotatable bonds is 8. The van der Waals surface area contributed by atoms with Gasteiger partial charge in [0.05, 0.1) is 19.9 Å². The summed E-state index contributed by atoms with van der Waals surface area (Å²) >= 11 is 0. The molecule has 0 atom stereocenters. The van der Waals surface area contributed by atoms with Crippen LogP contribution in [0.2, 0.25) is 0 Å². The standard InChI is InChI=1S/C24H24N4O3/c1-30-21-6-5-17(14-22(21)31-2)16-27-23(29)9-13-28-20(18-7-11-25-12-8-18)15-19-4-3-10-26-24(19)28/h3-8,10-12,14-15H,9,13,16H2,1-2H3,(H,27,29). The maximum atomic E-state index is 12.6. The lowest BCUT2D eigenvalue weighted by atomic mass is 10.2. The first-order valence-corrected chi connectivity index (χ1v) is 10.0.